The number of aryl methyl sites for hydroxylation is 2. The Labute approximate surface area is 172 Å². The first-order valence-electron chi connectivity index (χ1n) is 10.4. The molecular formula is C20H33N5O2S. The fourth-order valence-electron chi connectivity index (χ4n) is 3.44. The Morgan fingerprint density at radius 1 is 1.25 bits per heavy atom. The molecule has 1 aromatic heterocycles. The molecule has 7 nitrogen and oxygen atoms in total. The Balaban J connectivity index is 1.50. The number of amides is 1. The lowest BCUT2D eigenvalue weighted by Gasteiger charge is -2.24. The highest BCUT2D eigenvalue weighted by Crippen LogP contribution is 2.26. The molecule has 1 aliphatic carbocycles. The van der Waals surface area contributed by atoms with Gasteiger partial charge in [-0.2, -0.15) is 0 Å². The Hall–Kier alpha value is -1.67. The van der Waals surface area contributed by atoms with Crippen molar-refractivity contribution in [1.29, 1.82) is 0 Å². The predicted molar refractivity (Wildman–Crippen MR) is 113 cm³/mol. The Morgan fingerprint density at radius 3 is 2.86 bits per heavy atom. The summed E-state index contributed by atoms with van der Waals surface area (Å²) in [5.74, 6) is 0.660. The average Bonchev–Trinajstić information content (AvgIpc) is 3.12. The fraction of sp³-hybridized carbons (Fsp3) is 0.750. The van der Waals surface area contributed by atoms with E-state index in [0.29, 0.717) is 12.5 Å². The molecule has 0 saturated carbocycles. The molecule has 1 aromatic rings. The molecule has 2 aliphatic rings. The molecule has 0 aromatic carbocycles. The molecule has 1 fully saturated rings. The summed E-state index contributed by atoms with van der Waals surface area (Å²) in [5, 5.41) is 7.90. The molecule has 28 heavy (non-hydrogen) atoms. The molecule has 156 valence electrons. The van der Waals surface area contributed by atoms with E-state index in [1.807, 2.05) is 11.3 Å². The van der Waals surface area contributed by atoms with Gasteiger partial charge in [0.15, 0.2) is 5.96 Å². The topological polar surface area (TPSA) is 78.9 Å². The molecule has 2 heterocycles. The van der Waals surface area contributed by atoms with Gasteiger partial charge in [0.05, 0.1) is 16.8 Å². The number of ether oxygens (including phenoxy) is 1. The van der Waals surface area contributed by atoms with Gasteiger partial charge in [0, 0.05) is 45.1 Å². The van der Waals surface area contributed by atoms with Gasteiger partial charge in [0.25, 0.3) is 0 Å². The highest BCUT2D eigenvalue weighted by Gasteiger charge is 2.16. The van der Waals surface area contributed by atoms with Gasteiger partial charge in [0.2, 0.25) is 5.91 Å². The lowest BCUT2D eigenvalue weighted by molar-refractivity contribution is -0.127. The number of carbonyl (C=O) groups is 1. The molecular weight excluding hydrogens is 374 g/mol. The van der Waals surface area contributed by atoms with Crippen molar-refractivity contribution in [3.05, 3.63) is 15.6 Å². The number of aromatic nitrogens is 1. The normalized spacial score (nSPS) is 19.8. The van der Waals surface area contributed by atoms with E-state index >= 15 is 0 Å². The third-order valence-electron chi connectivity index (χ3n) is 5.16. The van der Waals surface area contributed by atoms with E-state index in [-0.39, 0.29) is 18.6 Å². The summed E-state index contributed by atoms with van der Waals surface area (Å²) >= 11 is 1.85. The van der Waals surface area contributed by atoms with Crippen molar-refractivity contribution in [3.63, 3.8) is 0 Å². The average molecular weight is 408 g/mol. The van der Waals surface area contributed by atoms with Crippen molar-refractivity contribution in [3.8, 4) is 0 Å². The van der Waals surface area contributed by atoms with Crippen LogP contribution in [0, 0.1) is 0 Å². The summed E-state index contributed by atoms with van der Waals surface area (Å²) in [6.45, 7) is 2.44. The van der Waals surface area contributed by atoms with E-state index in [0.717, 1.165) is 38.8 Å². The lowest BCUT2D eigenvalue weighted by Crippen LogP contribution is -2.43. The minimum absolute atomic E-state index is 0.0115. The minimum atomic E-state index is -0.0115. The van der Waals surface area contributed by atoms with Crippen molar-refractivity contribution in [2.24, 2.45) is 4.99 Å². The van der Waals surface area contributed by atoms with Crippen molar-refractivity contribution in [1.82, 2.24) is 20.5 Å². The van der Waals surface area contributed by atoms with Gasteiger partial charge in [-0.25, -0.2) is 9.98 Å². The van der Waals surface area contributed by atoms with Crippen LogP contribution in [0.25, 0.3) is 0 Å². The van der Waals surface area contributed by atoms with Crippen molar-refractivity contribution in [2.75, 3.05) is 40.3 Å². The van der Waals surface area contributed by atoms with Crippen molar-refractivity contribution >= 4 is 23.2 Å². The summed E-state index contributed by atoms with van der Waals surface area (Å²) in [5.41, 5.74) is 1.31. The zero-order chi connectivity index (χ0) is 19.8. The molecule has 3 rings (SSSR count). The first-order chi connectivity index (χ1) is 13.6. The van der Waals surface area contributed by atoms with E-state index in [4.69, 9.17) is 9.72 Å². The number of hydrogen-bond acceptors (Lipinski definition) is 5. The molecule has 0 spiro atoms. The van der Waals surface area contributed by atoms with E-state index in [9.17, 15) is 4.79 Å². The number of aliphatic imine (C=N–C) groups is 1. The molecule has 1 aliphatic heterocycles. The van der Waals surface area contributed by atoms with Crippen LogP contribution in [-0.4, -0.2) is 68.2 Å². The molecule has 0 radical (unpaired) electrons. The van der Waals surface area contributed by atoms with E-state index in [1.54, 1.807) is 19.0 Å². The van der Waals surface area contributed by atoms with Crippen LogP contribution in [0.15, 0.2) is 4.99 Å². The maximum absolute atomic E-state index is 11.9. The zero-order valence-electron chi connectivity index (χ0n) is 17.1. The van der Waals surface area contributed by atoms with Gasteiger partial charge >= 0.3 is 0 Å². The monoisotopic (exact) mass is 407 g/mol. The van der Waals surface area contributed by atoms with Crippen LogP contribution in [0.1, 0.15) is 47.7 Å². The second kappa shape index (κ2) is 10.8. The highest BCUT2D eigenvalue weighted by atomic mass is 32.1. The van der Waals surface area contributed by atoms with Gasteiger partial charge < -0.3 is 20.3 Å². The highest BCUT2D eigenvalue weighted by molar-refractivity contribution is 7.11. The van der Waals surface area contributed by atoms with Gasteiger partial charge in [-0.3, -0.25) is 4.79 Å². The van der Waals surface area contributed by atoms with Crippen LogP contribution in [0.4, 0.5) is 0 Å². The lowest BCUT2D eigenvalue weighted by atomic mass is 10.0. The summed E-state index contributed by atoms with van der Waals surface area (Å²) in [6, 6.07) is 0. The van der Waals surface area contributed by atoms with E-state index in [1.165, 1.54) is 41.3 Å². The van der Waals surface area contributed by atoms with E-state index < -0.39 is 0 Å². The largest absolute Gasteiger partial charge is 0.376 e. The molecule has 1 amide bonds. The Morgan fingerprint density at radius 2 is 2.11 bits per heavy atom. The summed E-state index contributed by atoms with van der Waals surface area (Å²) < 4.78 is 5.78. The third-order valence-corrected chi connectivity index (χ3v) is 6.38. The summed E-state index contributed by atoms with van der Waals surface area (Å²) in [7, 11) is 3.50. The fourth-order valence-corrected chi connectivity index (χ4v) is 4.60. The number of fused-ring (bicyclic) bond motifs is 1. The number of carbonyl (C=O) groups excluding carboxylic acids is 1. The maximum Gasteiger partial charge on any atom is 0.243 e. The smallest absolute Gasteiger partial charge is 0.243 e. The van der Waals surface area contributed by atoms with Crippen molar-refractivity contribution < 1.29 is 9.53 Å². The number of guanidine groups is 1. The van der Waals surface area contributed by atoms with Crippen LogP contribution in [-0.2, 0) is 28.8 Å². The Kier molecular flexibility index (Phi) is 8.09. The van der Waals surface area contributed by atoms with Crippen LogP contribution in [0.2, 0.25) is 0 Å². The standard InChI is InChI=1S/C20H33N5O2S/c1-25(2)19(26)14-23-20(22-13-15-7-5-6-12-27-15)21-11-10-18-24-16-8-3-4-9-17(16)28-18/h15H,3-14H2,1-2H3,(H2,21,22,23). The third kappa shape index (κ3) is 6.44. The van der Waals surface area contributed by atoms with Crippen LogP contribution in [0.3, 0.4) is 0 Å². The first-order valence-corrected chi connectivity index (χ1v) is 11.2. The molecule has 1 saturated heterocycles. The predicted octanol–water partition coefficient (Wildman–Crippen LogP) is 1.76. The number of nitrogens with zero attached hydrogens (tertiary/aromatic N) is 3. The summed E-state index contributed by atoms with van der Waals surface area (Å²) in [6.07, 6.45) is 9.38. The molecule has 0 bridgehead atoms. The number of thiazole rings is 1. The quantitative estimate of drug-likeness (QED) is 0.532. The Bertz CT molecular complexity index is 644. The van der Waals surface area contributed by atoms with Crippen LogP contribution >= 0.6 is 11.3 Å². The molecule has 8 heteroatoms. The second-order valence-electron chi connectivity index (χ2n) is 7.68. The first kappa shape index (κ1) is 21.0. The van der Waals surface area contributed by atoms with Crippen molar-refractivity contribution in [2.45, 2.75) is 57.5 Å². The van der Waals surface area contributed by atoms with Gasteiger partial charge in [-0.15, -0.1) is 11.3 Å². The maximum atomic E-state index is 11.9. The SMILES string of the molecule is CN(C)C(=O)CN=C(NCCc1nc2c(s1)CCCC2)NCC1CCCCO1. The number of rotatable bonds is 7. The van der Waals surface area contributed by atoms with Gasteiger partial charge in [0.1, 0.15) is 6.54 Å². The number of likely N-dealkylation sites (N-methyl/N-ethyl adjacent to an activating group) is 1. The van der Waals surface area contributed by atoms with Gasteiger partial charge in [-0.1, -0.05) is 0 Å². The summed E-state index contributed by atoms with van der Waals surface area (Å²) in [4.78, 5) is 24.2. The molecule has 1 unspecified atom stereocenters. The molecule has 1 atom stereocenters. The number of hydrogen-bond donors (Lipinski definition) is 2. The molecule has 2 N–H and O–H groups in total. The second-order valence-corrected chi connectivity index (χ2v) is 8.85. The van der Waals surface area contributed by atoms with Gasteiger partial charge in [-0.05, 0) is 44.9 Å². The van der Waals surface area contributed by atoms with Crippen LogP contribution < -0.4 is 10.6 Å². The van der Waals surface area contributed by atoms with E-state index in [2.05, 4.69) is 15.6 Å². The van der Waals surface area contributed by atoms with Crippen LogP contribution in [0.5, 0.6) is 0 Å². The zero-order valence-corrected chi connectivity index (χ0v) is 17.9. The number of nitrogens with one attached hydrogen (secondary N) is 2. The minimum Gasteiger partial charge on any atom is -0.376 e.